The zero-order valence-corrected chi connectivity index (χ0v) is 6.79. The maximum atomic E-state index is 11.2. The Balaban J connectivity index is 2.75. The summed E-state index contributed by atoms with van der Waals surface area (Å²) in [4.78, 5) is 11.2. The molecule has 12 heavy (non-hydrogen) atoms. The molecule has 0 spiro atoms. The molecular weight excluding hydrogens is 152 g/mol. The van der Waals surface area contributed by atoms with Crippen molar-refractivity contribution in [2.75, 3.05) is 0 Å². The third kappa shape index (κ3) is 2.09. The highest BCUT2D eigenvalue weighted by Crippen LogP contribution is 2.11. The zero-order valence-electron chi connectivity index (χ0n) is 6.79. The van der Waals surface area contributed by atoms with Crippen molar-refractivity contribution in [2.24, 2.45) is 0 Å². The standard InChI is InChI=1S/C10H11O2/c1-2-3-10(12)8-4-6-9(11)7-5-8/h4-7,11H,1-3H2. The molecule has 2 nitrogen and oxygen atoms in total. The molecule has 0 aliphatic rings. The Morgan fingerprint density at radius 2 is 1.92 bits per heavy atom. The molecule has 0 saturated carbocycles. The lowest BCUT2D eigenvalue weighted by Gasteiger charge is -1.98. The van der Waals surface area contributed by atoms with Crippen LogP contribution in [0.1, 0.15) is 23.2 Å². The van der Waals surface area contributed by atoms with Gasteiger partial charge in [-0.2, -0.15) is 0 Å². The summed E-state index contributed by atoms with van der Waals surface area (Å²) in [6.07, 6.45) is 1.07. The summed E-state index contributed by atoms with van der Waals surface area (Å²) in [5, 5.41) is 8.94. The van der Waals surface area contributed by atoms with E-state index in [0.29, 0.717) is 18.4 Å². The maximum absolute atomic E-state index is 11.2. The second-order valence-corrected chi connectivity index (χ2v) is 2.57. The Labute approximate surface area is 71.8 Å². The summed E-state index contributed by atoms with van der Waals surface area (Å²) in [5.41, 5.74) is 0.636. The highest BCUT2D eigenvalue weighted by Gasteiger charge is 2.02. The van der Waals surface area contributed by atoms with Gasteiger partial charge in [0.15, 0.2) is 5.78 Å². The van der Waals surface area contributed by atoms with Crippen LogP contribution in [0.4, 0.5) is 0 Å². The molecule has 0 heterocycles. The molecule has 0 bridgehead atoms. The molecule has 1 rings (SSSR count). The average molecular weight is 163 g/mol. The maximum Gasteiger partial charge on any atom is 0.162 e. The molecule has 1 radical (unpaired) electrons. The quantitative estimate of drug-likeness (QED) is 0.693. The van der Waals surface area contributed by atoms with Crippen molar-refractivity contribution in [2.45, 2.75) is 12.8 Å². The lowest BCUT2D eigenvalue weighted by Crippen LogP contribution is -1.96. The SMILES string of the molecule is [CH2]CCC(=O)c1ccc(O)cc1. The van der Waals surface area contributed by atoms with Gasteiger partial charge >= 0.3 is 0 Å². The molecule has 63 valence electrons. The van der Waals surface area contributed by atoms with Crippen LogP contribution in [0.2, 0.25) is 0 Å². The molecule has 0 fully saturated rings. The van der Waals surface area contributed by atoms with Gasteiger partial charge in [0.25, 0.3) is 0 Å². The first-order valence-corrected chi connectivity index (χ1v) is 3.85. The van der Waals surface area contributed by atoms with Crippen molar-refractivity contribution in [3.8, 4) is 5.75 Å². The van der Waals surface area contributed by atoms with Crippen molar-refractivity contribution >= 4 is 5.78 Å². The van der Waals surface area contributed by atoms with Gasteiger partial charge in [-0.05, 0) is 30.7 Å². The Bertz CT molecular complexity index is 262. The first-order chi connectivity index (χ1) is 5.74. The van der Waals surface area contributed by atoms with Crippen molar-refractivity contribution in [3.63, 3.8) is 0 Å². The van der Waals surface area contributed by atoms with E-state index in [0.717, 1.165) is 0 Å². The lowest BCUT2D eigenvalue weighted by molar-refractivity contribution is 0.0983. The average Bonchev–Trinajstić information content (AvgIpc) is 2.06. The van der Waals surface area contributed by atoms with E-state index in [-0.39, 0.29) is 11.5 Å². The number of benzene rings is 1. The molecule has 0 atom stereocenters. The fourth-order valence-corrected chi connectivity index (χ4v) is 0.952. The summed E-state index contributed by atoms with van der Waals surface area (Å²) in [5.74, 6) is 0.256. The van der Waals surface area contributed by atoms with Gasteiger partial charge in [0, 0.05) is 12.0 Å². The monoisotopic (exact) mass is 163 g/mol. The Hall–Kier alpha value is -1.31. The van der Waals surface area contributed by atoms with Crippen LogP contribution in [0.5, 0.6) is 5.75 Å². The van der Waals surface area contributed by atoms with Crippen molar-refractivity contribution in [1.29, 1.82) is 0 Å². The smallest absolute Gasteiger partial charge is 0.162 e. The number of rotatable bonds is 3. The highest BCUT2D eigenvalue weighted by molar-refractivity contribution is 5.96. The van der Waals surface area contributed by atoms with E-state index in [1.807, 2.05) is 0 Å². The molecular formula is C10H11O2. The van der Waals surface area contributed by atoms with E-state index in [2.05, 4.69) is 6.92 Å². The molecule has 0 aromatic heterocycles. The number of aromatic hydroxyl groups is 1. The second-order valence-electron chi connectivity index (χ2n) is 2.57. The summed E-state index contributed by atoms with van der Waals surface area (Å²) in [7, 11) is 0. The van der Waals surface area contributed by atoms with Gasteiger partial charge in [0.2, 0.25) is 0 Å². The van der Waals surface area contributed by atoms with Gasteiger partial charge in [-0.15, -0.1) is 0 Å². The van der Waals surface area contributed by atoms with Crippen LogP contribution < -0.4 is 0 Å². The van der Waals surface area contributed by atoms with Crippen LogP contribution in [0.25, 0.3) is 0 Å². The van der Waals surface area contributed by atoms with Crippen molar-refractivity contribution in [3.05, 3.63) is 36.8 Å². The first-order valence-electron chi connectivity index (χ1n) is 3.85. The van der Waals surface area contributed by atoms with Gasteiger partial charge in [-0.25, -0.2) is 0 Å². The fraction of sp³-hybridized carbons (Fsp3) is 0.200. The van der Waals surface area contributed by atoms with Gasteiger partial charge < -0.3 is 5.11 Å². The fourth-order valence-electron chi connectivity index (χ4n) is 0.952. The van der Waals surface area contributed by atoms with Crippen LogP contribution in [0, 0.1) is 6.92 Å². The minimum Gasteiger partial charge on any atom is -0.508 e. The third-order valence-corrected chi connectivity index (χ3v) is 1.59. The molecule has 1 aromatic carbocycles. The topological polar surface area (TPSA) is 37.3 Å². The Kier molecular flexibility index (Phi) is 2.86. The number of hydrogen-bond donors (Lipinski definition) is 1. The summed E-state index contributed by atoms with van der Waals surface area (Å²) < 4.78 is 0. The molecule has 0 unspecified atom stereocenters. The van der Waals surface area contributed by atoms with E-state index in [9.17, 15) is 4.79 Å². The normalized spacial score (nSPS) is 9.75. The number of carbonyl (C=O) groups is 1. The predicted octanol–water partition coefficient (Wildman–Crippen LogP) is 2.19. The van der Waals surface area contributed by atoms with Gasteiger partial charge in [-0.3, -0.25) is 4.79 Å². The van der Waals surface area contributed by atoms with Crippen LogP contribution in [0.15, 0.2) is 24.3 Å². The molecule has 0 aliphatic carbocycles. The van der Waals surface area contributed by atoms with Crippen molar-refractivity contribution in [1.82, 2.24) is 0 Å². The third-order valence-electron chi connectivity index (χ3n) is 1.59. The highest BCUT2D eigenvalue weighted by atomic mass is 16.3. The lowest BCUT2D eigenvalue weighted by atomic mass is 10.1. The van der Waals surface area contributed by atoms with Crippen LogP contribution in [0.3, 0.4) is 0 Å². The predicted molar refractivity (Wildman–Crippen MR) is 47.0 cm³/mol. The number of hydrogen-bond acceptors (Lipinski definition) is 2. The largest absolute Gasteiger partial charge is 0.508 e. The minimum atomic E-state index is 0.0741. The summed E-state index contributed by atoms with van der Waals surface area (Å²) in [6, 6.07) is 6.26. The zero-order chi connectivity index (χ0) is 8.97. The summed E-state index contributed by atoms with van der Waals surface area (Å²) >= 11 is 0. The van der Waals surface area contributed by atoms with Crippen LogP contribution in [-0.4, -0.2) is 10.9 Å². The minimum absolute atomic E-state index is 0.0741. The second kappa shape index (κ2) is 3.90. The van der Waals surface area contributed by atoms with E-state index in [1.165, 1.54) is 12.1 Å². The van der Waals surface area contributed by atoms with Gasteiger partial charge in [0.05, 0.1) is 0 Å². The Morgan fingerprint density at radius 3 is 2.42 bits per heavy atom. The van der Waals surface area contributed by atoms with E-state index < -0.39 is 0 Å². The van der Waals surface area contributed by atoms with E-state index >= 15 is 0 Å². The van der Waals surface area contributed by atoms with Crippen LogP contribution in [-0.2, 0) is 0 Å². The number of ketones is 1. The van der Waals surface area contributed by atoms with E-state index in [1.54, 1.807) is 12.1 Å². The summed E-state index contributed by atoms with van der Waals surface area (Å²) in [6.45, 7) is 3.60. The molecule has 1 N–H and O–H groups in total. The van der Waals surface area contributed by atoms with Gasteiger partial charge in [-0.1, -0.05) is 6.92 Å². The number of phenols is 1. The Morgan fingerprint density at radius 1 is 1.33 bits per heavy atom. The van der Waals surface area contributed by atoms with Crippen molar-refractivity contribution < 1.29 is 9.90 Å². The molecule has 1 aromatic rings. The van der Waals surface area contributed by atoms with E-state index in [4.69, 9.17) is 5.11 Å². The van der Waals surface area contributed by atoms with Gasteiger partial charge in [0.1, 0.15) is 5.75 Å². The first kappa shape index (κ1) is 8.78. The molecule has 0 aliphatic heterocycles. The molecule has 0 amide bonds. The number of carbonyl (C=O) groups excluding carboxylic acids is 1. The van der Waals surface area contributed by atoms with Crippen LogP contribution >= 0.6 is 0 Å². The molecule has 2 heteroatoms. The number of Topliss-reactive ketones (excluding diaryl/α,β-unsaturated/α-hetero) is 1. The molecule has 0 saturated heterocycles. The number of phenolic OH excluding ortho intramolecular Hbond substituents is 1.